The molecule has 1 unspecified atom stereocenters. The zero-order chi connectivity index (χ0) is 9.68. The zero-order valence-electron chi connectivity index (χ0n) is 8.93. The van der Waals surface area contributed by atoms with E-state index in [1.54, 1.807) is 0 Å². The Kier molecular flexibility index (Phi) is 4.00. The predicted octanol–water partition coefficient (Wildman–Crippen LogP) is 3.07. The maximum atomic E-state index is 4.08. The van der Waals surface area contributed by atoms with E-state index in [9.17, 15) is 0 Å². The van der Waals surface area contributed by atoms with Gasteiger partial charge in [-0.1, -0.05) is 26.7 Å². The number of allylic oxidation sites excluding steroid dienone is 2. The topological polar surface area (TPSA) is 24.4 Å². The summed E-state index contributed by atoms with van der Waals surface area (Å²) in [7, 11) is 0. The Hall–Kier alpha value is -0.790. The fraction of sp³-hybridized carbons (Fsp3) is 0.727. The maximum absolute atomic E-state index is 4.08. The lowest BCUT2D eigenvalue weighted by atomic mass is 9.94. The molecule has 1 aliphatic rings. The van der Waals surface area contributed by atoms with Crippen molar-refractivity contribution in [1.82, 2.24) is 5.43 Å². The Balaban J connectivity index is 2.45. The first-order valence-corrected chi connectivity index (χ1v) is 5.24. The highest BCUT2D eigenvalue weighted by Gasteiger charge is 2.12. The fourth-order valence-electron chi connectivity index (χ4n) is 1.73. The molecule has 0 radical (unpaired) electrons. The van der Waals surface area contributed by atoms with E-state index in [-0.39, 0.29) is 0 Å². The van der Waals surface area contributed by atoms with Gasteiger partial charge in [-0.05, 0) is 25.3 Å². The van der Waals surface area contributed by atoms with Crippen molar-refractivity contribution in [2.75, 3.05) is 0 Å². The Labute approximate surface area is 81.1 Å². The van der Waals surface area contributed by atoms with Crippen LogP contribution in [-0.4, -0.2) is 6.21 Å². The van der Waals surface area contributed by atoms with Crippen molar-refractivity contribution in [3.63, 3.8) is 0 Å². The standard InChI is InChI=1S/C11H20N2/c1-4-5-6-7-11-9(2)8-12-13-10(11)3/h8-9,13H,4-7H2,1-3H3. The van der Waals surface area contributed by atoms with Gasteiger partial charge >= 0.3 is 0 Å². The lowest BCUT2D eigenvalue weighted by Gasteiger charge is -2.19. The van der Waals surface area contributed by atoms with Crippen molar-refractivity contribution in [3.05, 3.63) is 11.3 Å². The van der Waals surface area contributed by atoms with Crippen molar-refractivity contribution in [2.24, 2.45) is 11.0 Å². The average Bonchev–Trinajstić information content (AvgIpc) is 2.10. The Bertz CT molecular complexity index is 216. The number of hydrogen-bond acceptors (Lipinski definition) is 2. The molecule has 1 aliphatic heterocycles. The summed E-state index contributed by atoms with van der Waals surface area (Å²) in [5.74, 6) is 0.526. The first kappa shape index (κ1) is 10.3. The van der Waals surface area contributed by atoms with Crippen LogP contribution in [0.1, 0.15) is 46.5 Å². The van der Waals surface area contributed by atoms with Crippen LogP contribution in [0.2, 0.25) is 0 Å². The molecule has 13 heavy (non-hydrogen) atoms. The molecule has 0 aromatic rings. The second-order valence-electron chi connectivity index (χ2n) is 3.79. The van der Waals surface area contributed by atoms with Gasteiger partial charge in [0.15, 0.2) is 0 Å². The summed E-state index contributed by atoms with van der Waals surface area (Å²) in [6.07, 6.45) is 7.15. The highest BCUT2D eigenvalue weighted by molar-refractivity contribution is 5.66. The van der Waals surface area contributed by atoms with Crippen LogP contribution in [0.3, 0.4) is 0 Å². The van der Waals surface area contributed by atoms with Gasteiger partial charge in [0.05, 0.1) is 0 Å². The number of nitrogens with zero attached hydrogens (tertiary/aromatic N) is 1. The molecular formula is C11H20N2. The van der Waals surface area contributed by atoms with Gasteiger partial charge in [0.2, 0.25) is 0 Å². The normalized spacial score (nSPS) is 21.9. The van der Waals surface area contributed by atoms with Gasteiger partial charge in [0.25, 0.3) is 0 Å². The minimum absolute atomic E-state index is 0.526. The smallest absolute Gasteiger partial charge is 0.0316 e. The molecular weight excluding hydrogens is 160 g/mol. The fourth-order valence-corrected chi connectivity index (χ4v) is 1.73. The summed E-state index contributed by atoms with van der Waals surface area (Å²) in [4.78, 5) is 0. The van der Waals surface area contributed by atoms with Crippen LogP contribution in [0.15, 0.2) is 16.4 Å². The average molecular weight is 180 g/mol. The monoisotopic (exact) mass is 180 g/mol. The van der Waals surface area contributed by atoms with Gasteiger partial charge in [-0.15, -0.1) is 0 Å². The first-order valence-electron chi connectivity index (χ1n) is 5.24. The highest BCUT2D eigenvalue weighted by Crippen LogP contribution is 2.21. The minimum Gasteiger partial charge on any atom is -0.283 e. The van der Waals surface area contributed by atoms with Crippen LogP contribution in [0.4, 0.5) is 0 Å². The summed E-state index contributed by atoms with van der Waals surface area (Å²) in [6, 6.07) is 0. The molecule has 2 heteroatoms. The van der Waals surface area contributed by atoms with Crippen molar-refractivity contribution < 1.29 is 0 Å². The second kappa shape index (κ2) is 5.05. The van der Waals surface area contributed by atoms with Crippen molar-refractivity contribution >= 4 is 6.21 Å². The molecule has 0 spiro atoms. The van der Waals surface area contributed by atoms with E-state index in [1.165, 1.54) is 37.0 Å². The van der Waals surface area contributed by atoms with Crippen LogP contribution in [-0.2, 0) is 0 Å². The Morgan fingerprint density at radius 1 is 1.46 bits per heavy atom. The third-order valence-corrected chi connectivity index (χ3v) is 2.61. The van der Waals surface area contributed by atoms with Gasteiger partial charge in [-0.2, -0.15) is 5.10 Å². The van der Waals surface area contributed by atoms with Crippen LogP contribution in [0.25, 0.3) is 0 Å². The first-order chi connectivity index (χ1) is 6.25. The summed E-state index contributed by atoms with van der Waals surface area (Å²) in [5, 5.41) is 4.08. The molecule has 74 valence electrons. The molecule has 0 aromatic heterocycles. The van der Waals surface area contributed by atoms with Gasteiger partial charge in [-0.25, -0.2) is 0 Å². The molecule has 1 heterocycles. The SMILES string of the molecule is CCCCCC1=C(C)NN=CC1C. The number of unbranched alkanes of at least 4 members (excludes halogenated alkanes) is 2. The predicted molar refractivity (Wildman–Crippen MR) is 57.6 cm³/mol. The summed E-state index contributed by atoms with van der Waals surface area (Å²) in [6.45, 7) is 6.58. The molecule has 2 nitrogen and oxygen atoms in total. The van der Waals surface area contributed by atoms with Crippen molar-refractivity contribution in [2.45, 2.75) is 46.5 Å². The van der Waals surface area contributed by atoms with Gasteiger partial charge in [0.1, 0.15) is 0 Å². The lowest BCUT2D eigenvalue weighted by molar-refractivity contribution is 0.655. The van der Waals surface area contributed by atoms with Gasteiger partial charge in [0, 0.05) is 17.8 Å². The summed E-state index contributed by atoms with van der Waals surface area (Å²) >= 11 is 0. The minimum atomic E-state index is 0.526. The molecule has 1 atom stereocenters. The van der Waals surface area contributed by atoms with E-state index < -0.39 is 0 Å². The molecule has 1 rings (SSSR count). The Morgan fingerprint density at radius 3 is 2.85 bits per heavy atom. The highest BCUT2D eigenvalue weighted by atomic mass is 15.3. The number of hydrogen-bond donors (Lipinski definition) is 1. The lowest BCUT2D eigenvalue weighted by Crippen LogP contribution is -2.18. The van der Waals surface area contributed by atoms with E-state index in [0.717, 1.165) is 0 Å². The molecule has 0 amide bonds. The molecule has 0 aromatic carbocycles. The van der Waals surface area contributed by atoms with E-state index in [4.69, 9.17) is 0 Å². The summed E-state index contributed by atoms with van der Waals surface area (Å²) in [5.41, 5.74) is 5.83. The molecule has 0 bridgehead atoms. The third kappa shape index (κ3) is 2.87. The van der Waals surface area contributed by atoms with E-state index >= 15 is 0 Å². The van der Waals surface area contributed by atoms with Crippen molar-refractivity contribution in [3.8, 4) is 0 Å². The maximum Gasteiger partial charge on any atom is 0.0316 e. The number of rotatable bonds is 4. The van der Waals surface area contributed by atoms with Crippen LogP contribution >= 0.6 is 0 Å². The van der Waals surface area contributed by atoms with E-state index in [2.05, 4.69) is 31.3 Å². The largest absolute Gasteiger partial charge is 0.283 e. The third-order valence-electron chi connectivity index (χ3n) is 2.61. The van der Waals surface area contributed by atoms with E-state index in [1.807, 2.05) is 6.21 Å². The number of hydrazone groups is 1. The van der Waals surface area contributed by atoms with E-state index in [0.29, 0.717) is 5.92 Å². The molecule has 0 saturated heterocycles. The van der Waals surface area contributed by atoms with Crippen molar-refractivity contribution in [1.29, 1.82) is 0 Å². The second-order valence-corrected chi connectivity index (χ2v) is 3.79. The quantitative estimate of drug-likeness (QED) is 0.661. The zero-order valence-corrected chi connectivity index (χ0v) is 8.93. The van der Waals surface area contributed by atoms with Crippen LogP contribution in [0, 0.1) is 5.92 Å². The molecule has 1 N–H and O–H groups in total. The van der Waals surface area contributed by atoms with Gasteiger partial charge < -0.3 is 0 Å². The van der Waals surface area contributed by atoms with Gasteiger partial charge in [-0.3, -0.25) is 5.43 Å². The molecule has 0 aliphatic carbocycles. The molecule has 0 fully saturated rings. The Morgan fingerprint density at radius 2 is 2.23 bits per heavy atom. The summed E-state index contributed by atoms with van der Waals surface area (Å²) < 4.78 is 0. The van der Waals surface area contributed by atoms with Crippen LogP contribution in [0.5, 0.6) is 0 Å². The van der Waals surface area contributed by atoms with Crippen LogP contribution < -0.4 is 5.43 Å². The molecule has 0 saturated carbocycles. The number of nitrogens with one attached hydrogen (secondary N) is 1.